The number of aromatic nitrogens is 3. The Morgan fingerprint density at radius 2 is 2.10 bits per heavy atom. The highest BCUT2D eigenvalue weighted by molar-refractivity contribution is 7.09. The van der Waals surface area contributed by atoms with E-state index in [0.717, 1.165) is 18.7 Å². The van der Waals surface area contributed by atoms with E-state index in [9.17, 15) is 0 Å². The van der Waals surface area contributed by atoms with E-state index in [0.29, 0.717) is 0 Å². The van der Waals surface area contributed by atoms with Gasteiger partial charge in [0, 0.05) is 42.1 Å². The zero-order chi connectivity index (χ0) is 15.6. The van der Waals surface area contributed by atoms with E-state index in [2.05, 4.69) is 56.6 Å². The first-order chi connectivity index (χ1) is 9.81. The number of aryl methyl sites for hydroxylation is 2. The maximum Gasteiger partial charge on any atom is 0.0947 e. The van der Waals surface area contributed by atoms with Gasteiger partial charge in [-0.3, -0.25) is 4.68 Å². The van der Waals surface area contributed by atoms with Gasteiger partial charge in [0.25, 0.3) is 0 Å². The van der Waals surface area contributed by atoms with E-state index in [1.165, 1.54) is 16.3 Å². The maximum absolute atomic E-state index is 4.82. The zero-order valence-corrected chi connectivity index (χ0v) is 14.7. The Balaban J connectivity index is 2.20. The van der Waals surface area contributed by atoms with E-state index in [4.69, 9.17) is 4.98 Å². The molecular formula is C16H26N4S. The number of rotatable bonds is 5. The van der Waals surface area contributed by atoms with Gasteiger partial charge in [-0.15, -0.1) is 11.3 Å². The lowest BCUT2D eigenvalue weighted by Crippen LogP contribution is -2.23. The van der Waals surface area contributed by atoms with Crippen LogP contribution in [0, 0.1) is 6.92 Å². The van der Waals surface area contributed by atoms with Crippen LogP contribution in [0.25, 0.3) is 0 Å². The number of likely N-dealkylation sites (N-methyl/N-ethyl adjacent to an activating group) is 1. The summed E-state index contributed by atoms with van der Waals surface area (Å²) in [4.78, 5) is 4.82. The number of hydrogen-bond acceptors (Lipinski definition) is 4. The molecule has 0 aromatic carbocycles. The minimum Gasteiger partial charge on any atom is -0.310 e. The second-order valence-corrected chi connectivity index (χ2v) is 7.48. The Morgan fingerprint density at radius 3 is 2.57 bits per heavy atom. The first kappa shape index (κ1) is 16.2. The predicted octanol–water partition coefficient (Wildman–Crippen LogP) is 3.38. The van der Waals surface area contributed by atoms with Crippen molar-refractivity contribution in [2.75, 3.05) is 6.54 Å². The van der Waals surface area contributed by atoms with Crippen LogP contribution in [-0.2, 0) is 18.9 Å². The second-order valence-electron chi connectivity index (χ2n) is 6.53. The normalized spacial score (nSPS) is 13.6. The molecule has 4 nitrogen and oxygen atoms in total. The van der Waals surface area contributed by atoms with Crippen molar-refractivity contribution < 1.29 is 0 Å². The van der Waals surface area contributed by atoms with E-state index < -0.39 is 0 Å². The fraction of sp³-hybridized carbons (Fsp3) is 0.625. The van der Waals surface area contributed by atoms with Crippen molar-refractivity contribution in [2.24, 2.45) is 7.05 Å². The molecule has 0 spiro atoms. The van der Waals surface area contributed by atoms with Crippen LogP contribution in [0.3, 0.4) is 0 Å². The molecule has 1 unspecified atom stereocenters. The standard InChI is InChI=1S/C16H26N4S/c1-7-17-13(12-9-20(6)19-11(12)2)8-15-18-14(10-21-15)16(3,4)5/h9-10,13,17H,7-8H2,1-6H3. The third-order valence-electron chi connectivity index (χ3n) is 3.58. The van der Waals surface area contributed by atoms with Gasteiger partial charge in [-0.05, 0) is 13.5 Å². The molecule has 0 aliphatic rings. The smallest absolute Gasteiger partial charge is 0.0947 e. The summed E-state index contributed by atoms with van der Waals surface area (Å²) in [7, 11) is 1.97. The van der Waals surface area contributed by atoms with Gasteiger partial charge in [0.15, 0.2) is 0 Å². The molecule has 0 bridgehead atoms. The molecule has 1 atom stereocenters. The summed E-state index contributed by atoms with van der Waals surface area (Å²) in [6, 6.07) is 0.280. The van der Waals surface area contributed by atoms with Crippen molar-refractivity contribution >= 4 is 11.3 Å². The van der Waals surface area contributed by atoms with Crippen LogP contribution in [0.5, 0.6) is 0 Å². The summed E-state index contributed by atoms with van der Waals surface area (Å²) in [6.07, 6.45) is 3.03. The topological polar surface area (TPSA) is 42.7 Å². The second kappa shape index (κ2) is 6.28. The molecule has 2 aromatic rings. The summed E-state index contributed by atoms with van der Waals surface area (Å²) in [5.41, 5.74) is 3.66. The van der Waals surface area contributed by atoms with Crippen molar-refractivity contribution in [1.29, 1.82) is 0 Å². The lowest BCUT2D eigenvalue weighted by molar-refractivity contribution is 0.537. The van der Waals surface area contributed by atoms with Gasteiger partial charge in [0.05, 0.1) is 16.4 Å². The zero-order valence-electron chi connectivity index (χ0n) is 13.9. The number of nitrogens with zero attached hydrogens (tertiary/aromatic N) is 3. The van der Waals surface area contributed by atoms with Gasteiger partial charge in [-0.1, -0.05) is 27.7 Å². The molecular weight excluding hydrogens is 280 g/mol. The molecule has 1 N–H and O–H groups in total. The predicted molar refractivity (Wildman–Crippen MR) is 88.9 cm³/mol. The van der Waals surface area contributed by atoms with Crippen molar-refractivity contribution in [2.45, 2.75) is 52.5 Å². The number of nitrogens with one attached hydrogen (secondary N) is 1. The molecule has 2 heterocycles. The Hall–Kier alpha value is -1.20. The van der Waals surface area contributed by atoms with E-state index in [1.54, 1.807) is 11.3 Å². The largest absolute Gasteiger partial charge is 0.310 e. The third kappa shape index (κ3) is 3.92. The molecule has 0 saturated carbocycles. The molecule has 5 heteroatoms. The average Bonchev–Trinajstić information content (AvgIpc) is 2.95. The van der Waals surface area contributed by atoms with Crippen molar-refractivity contribution in [3.63, 3.8) is 0 Å². The summed E-state index contributed by atoms with van der Waals surface area (Å²) < 4.78 is 1.89. The van der Waals surface area contributed by atoms with E-state index in [1.807, 2.05) is 11.7 Å². The van der Waals surface area contributed by atoms with E-state index in [-0.39, 0.29) is 11.5 Å². The fourth-order valence-corrected chi connectivity index (χ4v) is 3.49. The van der Waals surface area contributed by atoms with Crippen molar-refractivity contribution in [1.82, 2.24) is 20.1 Å². The van der Waals surface area contributed by atoms with Crippen LogP contribution < -0.4 is 5.32 Å². The Labute approximate surface area is 131 Å². The molecule has 21 heavy (non-hydrogen) atoms. The Bertz CT molecular complexity index is 592. The summed E-state index contributed by atoms with van der Waals surface area (Å²) in [6.45, 7) is 11.8. The monoisotopic (exact) mass is 306 g/mol. The van der Waals surface area contributed by atoms with Crippen molar-refractivity contribution in [3.05, 3.63) is 33.5 Å². The van der Waals surface area contributed by atoms with Crippen LogP contribution in [0.4, 0.5) is 0 Å². The maximum atomic E-state index is 4.82. The van der Waals surface area contributed by atoms with E-state index >= 15 is 0 Å². The molecule has 0 fully saturated rings. The average molecular weight is 306 g/mol. The minimum atomic E-state index is 0.118. The molecule has 116 valence electrons. The quantitative estimate of drug-likeness (QED) is 0.921. The number of hydrogen-bond donors (Lipinski definition) is 1. The molecule has 2 rings (SSSR count). The SMILES string of the molecule is CCNC(Cc1nc(C(C)(C)C)cs1)c1cn(C)nc1C. The van der Waals surface area contributed by atoms with Gasteiger partial charge >= 0.3 is 0 Å². The van der Waals surface area contributed by atoms with Crippen LogP contribution in [0.2, 0.25) is 0 Å². The van der Waals surface area contributed by atoms with Gasteiger partial charge in [-0.2, -0.15) is 5.10 Å². The molecule has 0 saturated heterocycles. The minimum absolute atomic E-state index is 0.118. The van der Waals surface area contributed by atoms with Gasteiger partial charge in [0.2, 0.25) is 0 Å². The lowest BCUT2D eigenvalue weighted by Gasteiger charge is -2.17. The molecule has 2 aromatic heterocycles. The van der Waals surface area contributed by atoms with Crippen LogP contribution in [0.1, 0.15) is 55.7 Å². The Morgan fingerprint density at radius 1 is 1.38 bits per heavy atom. The number of thiazole rings is 1. The molecule has 0 radical (unpaired) electrons. The highest BCUT2D eigenvalue weighted by atomic mass is 32.1. The first-order valence-electron chi connectivity index (χ1n) is 7.49. The fourth-order valence-electron chi connectivity index (χ4n) is 2.42. The first-order valence-corrected chi connectivity index (χ1v) is 8.37. The molecule has 0 aliphatic heterocycles. The highest BCUT2D eigenvalue weighted by Gasteiger charge is 2.21. The van der Waals surface area contributed by atoms with Gasteiger partial charge < -0.3 is 5.32 Å². The third-order valence-corrected chi connectivity index (χ3v) is 4.45. The Kier molecular flexibility index (Phi) is 4.84. The van der Waals surface area contributed by atoms with Crippen molar-refractivity contribution in [3.8, 4) is 0 Å². The van der Waals surface area contributed by atoms with Gasteiger partial charge in [0.1, 0.15) is 0 Å². The summed E-state index contributed by atoms with van der Waals surface area (Å²) >= 11 is 1.76. The van der Waals surface area contributed by atoms with Crippen LogP contribution >= 0.6 is 11.3 Å². The highest BCUT2D eigenvalue weighted by Crippen LogP contribution is 2.27. The van der Waals surface area contributed by atoms with Crippen LogP contribution in [0.15, 0.2) is 11.6 Å². The summed E-state index contributed by atoms with van der Waals surface area (Å²) in [5.74, 6) is 0. The van der Waals surface area contributed by atoms with Crippen LogP contribution in [-0.4, -0.2) is 21.3 Å². The van der Waals surface area contributed by atoms with Gasteiger partial charge in [-0.25, -0.2) is 4.98 Å². The lowest BCUT2D eigenvalue weighted by atomic mass is 9.93. The summed E-state index contributed by atoms with van der Waals surface area (Å²) in [5, 5.41) is 11.4. The molecule has 0 aliphatic carbocycles. The molecule has 0 amide bonds.